The van der Waals surface area contributed by atoms with E-state index in [4.69, 9.17) is 4.42 Å². The monoisotopic (exact) mass is 385 g/mol. The minimum absolute atomic E-state index is 0.203. The van der Waals surface area contributed by atoms with Crippen molar-refractivity contribution in [1.82, 2.24) is 4.57 Å². The molecule has 0 saturated heterocycles. The molecule has 0 spiro atoms. The number of amides is 2. The van der Waals surface area contributed by atoms with Crippen molar-refractivity contribution >= 4 is 23.2 Å². The van der Waals surface area contributed by atoms with E-state index in [0.29, 0.717) is 16.9 Å². The largest absolute Gasteiger partial charge is 0.459 e. The SMILES string of the molecule is Cc1ccc(C(=O)Nc2ccc(NC(=O)c3ccco3)cc2)cc1-n1cccc1. The van der Waals surface area contributed by atoms with Gasteiger partial charge in [-0.05, 0) is 73.2 Å². The molecule has 4 rings (SSSR count). The molecule has 0 aliphatic rings. The van der Waals surface area contributed by atoms with Crippen LogP contribution in [0.15, 0.2) is 89.8 Å². The number of nitrogens with one attached hydrogen (secondary N) is 2. The quantitative estimate of drug-likeness (QED) is 0.514. The number of furan rings is 1. The van der Waals surface area contributed by atoms with Gasteiger partial charge in [-0.25, -0.2) is 0 Å². The molecule has 144 valence electrons. The normalized spacial score (nSPS) is 10.5. The van der Waals surface area contributed by atoms with Crippen LogP contribution >= 0.6 is 0 Å². The summed E-state index contributed by atoms with van der Waals surface area (Å²) in [6, 6.07) is 19.6. The lowest BCUT2D eigenvalue weighted by molar-refractivity contribution is 0.0994. The maximum absolute atomic E-state index is 12.7. The first-order chi connectivity index (χ1) is 14.1. The Morgan fingerprint density at radius 2 is 1.48 bits per heavy atom. The molecule has 6 heteroatoms. The van der Waals surface area contributed by atoms with Gasteiger partial charge in [0.15, 0.2) is 5.76 Å². The van der Waals surface area contributed by atoms with Crippen LogP contribution in [0.1, 0.15) is 26.5 Å². The lowest BCUT2D eigenvalue weighted by atomic mass is 10.1. The number of rotatable bonds is 5. The van der Waals surface area contributed by atoms with Crippen LogP contribution in [-0.4, -0.2) is 16.4 Å². The van der Waals surface area contributed by atoms with Crippen LogP contribution in [0.25, 0.3) is 5.69 Å². The van der Waals surface area contributed by atoms with Crippen molar-refractivity contribution < 1.29 is 14.0 Å². The molecule has 29 heavy (non-hydrogen) atoms. The van der Waals surface area contributed by atoms with E-state index >= 15 is 0 Å². The molecule has 4 aromatic rings. The van der Waals surface area contributed by atoms with Crippen LogP contribution < -0.4 is 10.6 Å². The van der Waals surface area contributed by atoms with E-state index in [0.717, 1.165) is 11.3 Å². The lowest BCUT2D eigenvalue weighted by Gasteiger charge is -2.11. The number of hydrogen-bond donors (Lipinski definition) is 2. The predicted molar refractivity (Wildman–Crippen MR) is 112 cm³/mol. The van der Waals surface area contributed by atoms with Gasteiger partial charge in [-0.3, -0.25) is 9.59 Å². The Kier molecular flexibility index (Phi) is 4.99. The van der Waals surface area contributed by atoms with Gasteiger partial charge in [0.25, 0.3) is 11.8 Å². The fourth-order valence-corrected chi connectivity index (χ4v) is 2.96. The van der Waals surface area contributed by atoms with E-state index in [1.807, 2.05) is 48.1 Å². The third kappa shape index (κ3) is 4.11. The van der Waals surface area contributed by atoms with E-state index in [2.05, 4.69) is 10.6 Å². The third-order valence-corrected chi connectivity index (χ3v) is 4.50. The Hall–Kier alpha value is -4.06. The standard InChI is InChI=1S/C23H19N3O3/c1-16-6-7-17(15-20(16)26-12-2-3-13-26)22(27)24-18-8-10-19(11-9-18)25-23(28)21-5-4-14-29-21/h2-15H,1H3,(H,24,27)(H,25,28). The second-order valence-electron chi connectivity index (χ2n) is 6.55. The van der Waals surface area contributed by atoms with Crippen LogP contribution in [0.2, 0.25) is 0 Å². The summed E-state index contributed by atoms with van der Waals surface area (Å²) < 4.78 is 7.04. The van der Waals surface area contributed by atoms with E-state index in [1.165, 1.54) is 6.26 Å². The van der Waals surface area contributed by atoms with Gasteiger partial charge in [0, 0.05) is 35.0 Å². The van der Waals surface area contributed by atoms with Crippen molar-refractivity contribution in [3.63, 3.8) is 0 Å². The molecule has 0 unspecified atom stereocenters. The van der Waals surface area contributed by atoms with E-state index < -0.39 is 0 Å². The van der Waals surface area contributed by atoms with Crippen LogP contribution in [0.4, 0.5) is 11.4 Å². The molecule has 2 heterocycles. The topological polar surface area (TPSA) is 76.3 Å². The maximum atomic E-state index is 12.7. The van der Waals surface area contributed by atoms with E-state index in [-0.39, 0.29) is 17.6 Å². The molecule has 2 aromatic heterocycles. The van der Waals surface area contributed by atoms with Crippen molar-refractivity contribution in [1.29, 1.82) is 0 Å². The highest BCUT2D eigenvalue weighted by atomic mass is 16.3. The number of nitrogens with zero attached hydrogens (tertiary/aromatic N) is 1. The lowest BCUT2D eigenvalue weighted by Crippen LogP contribution is -2.13. The zero-order chi connectivity index (χ0) is 20.2. The zero-order valence-corrected chi connectivity index (χ0v) is 15.8. The summed E-state index contributed by atoms with van der Waals surface area (Å²) in [7, 11) is 0. The molecule has 6 nitrogen and oxygen atoms in total. The maximum Gasteiger partial charge on any atom is 0.291 e. The first-order valence-electron chi connectivity index (χ1n) is 9.10. The fraction of sp³-hybridized carbons (Fsp3) is 0.0435. The average molecular weight is 385 g/mol. The highest BCUT2D eigenvalue weighted by Gasteiger charge is 2.11. The number of carbonyl (C=O) groups is 2. The molecule has 2 N–H and O–H groups in total. The highest BCUT2D eigenvalue weighted by molar-refractivity contribution is 6.05. The molecule has 0 aliphatic heterocycles. The van der Waals surface area contributed by atoms with Crippen LogP contribution in [0.5, 0.6) is 0 Å². The minimum Gasteiger partial charge on any atom is -0.459 e. The number of aryl methyl sites for hydroxylation is 1. The van der Waals surface area contributed by atoms with Crippen molar-refractivity contribution in [3.05, 3.63) is 102 Å². The second kappa shape index (κ2) is 7.90. The molecule has 0 bridgehead atoms. The summed E-state index contributed by atoms with van der Waals surface area (Å²) in [5.74, 6) is -0.296. The molecule has 2 aromatic carbocycles. The van der Waals surface area contributed by atoms with Crippen LogP contribution in [0.3, 0.4) is 0 Å². The predicted octanol–water partition coefficient (Wildman–Crippen LogP) is 4.88. The van der Waals surface area contributed by atoms with Crippen molar-refractivity contribution in [3.8, 4) is 5.69 Å². The number of carbonyl (C=O) groups excluding carboxylic acids is 2. The van der Waals surface area contributed by atoms with E-state index in [1.54, 1.807) is 42.5 Å². The number of hydrogen-bond acceptors (Lipinski definition) is 3. The number of aromatic nitrogens is 1. The summed E-state index contributed by atoms with van der Waals surface area (Å²) in [5, 5.41) is 5.62. The van der Waals surface area contributed by atoms with Gasteiger partial charge < -0.3 is 19.6 Å². The van der Waals surface area contributed by atoms with E-state index in [9.17, 15) is 9.59 Å². The Morgan fingerprint density at radius 1 is 0.828 bits per heavy atom. The summed E-state index contributed by atoms with van der Waals surface area (Å²) in [4.78, 5) is 24.7. The molecule has 0 fully saturated rings. The van der Waals surface area contributed by atoms with Crippen molar-refractivity contribution in [2.24, 2.45) is 0 Å². The van der Waals surface area contributed by atoms with Gasteiger partial charge in [-0.15, -0.1) is 0 Å². The van der Waals surface area contributed by atoms with Gasteiger partial charge in [-0.2, -0.15) is 0 Å². The fourth-order valence-electron chi connectivity index (χ4n) is 2.96. The Morgan fingerprint density at radius 3 is 2.10 bits per heavy atom. The van der Waals surface area contributed by atoms with Gasteiger partial charge >= 0.3 is 0 Å². The van der Waals surface area contributed by atoms with Crippen LogP contribution in [0, 0.1) is 6.92 Å². The first kappa shape index (κ1) is 18.3. The molecular formula is C23H19N3O3. The van der Waals surface area contributed by atoms with Gasteiger partial charge in [0.1, 0.15) is 0 Å². The highest BCUT2D eigenvalue weighted by Crippen LogP contribution is 2.19. The Labute approximate surface area is 167 Å². The van der Waals surface area contributed by atoms with Crippen molar-refractivity contribution in [2.45, 2.75) is 6.92 Å². The number of benzene rings is 2. The van der Waals surface area contributed by atoms with Gasteiger partial charge in [-0.1, -0.05) is 6.07 Å². The summed E-state index contributed by atoms with van der Waals surface area (Å²) in [5.41, 5.74) is 3.84. The Bertz CT molecular complexity index is 1130. The third-order valence-electron chi connectivity index (χ3n) is 4.50. The molecule has 0 aliphatic carbocycles. The number of anilines is 2. The Balaban J connectivity index is 1.45. The van der Waals surface area contributed by atoms with Crippen molar-refractivity contribution in [2.75, 3.05) is 10.6 Å². The summed E-state index contributed by atoms with van der Waals surface area (Å²) >= 11 is 0. The average Bonchev–Trinajstić information content (AvgIpc) is 3.44. The zero-order valence-electron chi connectivity index (χ0n) is 15.8. The smallest absolute Gasteiger partial charge is 0.291 e. The first-order valence-corrected chi connectivity index (χ1v) is 9.10. The summed E-state index contributed by atoms with van der Waals surface area (Å²) in [6.07, 6.45) is 5.33. The second-order valence-corrected chi connectivity index (χ2v) is 6.55. The molecule has 2 amide bonds. The minimum atomic E-state index is -0.330. The molecule has 0 atom stereocenters. The molecule has 0 radical (unpaired) electrons. The van der Waals surface area contributed by atoms with Crippen LogP contribution in [-0.2, 0) is 0 Å². The molecule has 0 saturated carbocycles. The summed E-state index contributed by atoms with van der Waals surface area (Å²) in [6.45, 7) is 2.01. The van der Waals surface area contributed by atoms with Gasteiger partial charge in [0.05, 0.1) is 6.26 Å². The van der Waals surface area contributed by atoms with Gasteiger partial charge in [0.2, 0.25) is 0 Å². The molecular weight excluding hydrogens is 366 g/mol.